The Kier molecular flexibility index (Phi) is 4.45. The molecule has 2 amide bonds. The zero-order valence-corrected chi connectivity index (χ0v) is 12.1. The summed E-state index contributed by atoms with van der Waals surface area (Å²) in [6, 6.07) is 0. The zero-order valence-electron chi connectivity index (χ0n) is 12.1. The molecule has 2 rings (SSSR count). The maximum absolute atomic E-state index is 12.7. The Balaban J connectivity index is 1.97. The molecule has 0 aromatic rings. The van der Waals surface area contributed by atoms with Crippen molar-refractivity contribution in [2.45, 2.75) is 33.1 Å². The van der Waals surface area contributed by atoms with Crippen LogP contribution in [-0.2, 0) is 9.59 Å². The van der Waals surface area contributed by atoms with Crippen molar-refractivity contribution >= 4 is 11.8 Å². The van der Waals surface area contributed by atoms with E-state index in [1.165, 1.54) is 0 Å². The van der Waals surface area contributed by atoms with E-state index in [4.69, 9.17) is 0 Å². The first-order chi connectivity index (χ1) is 9.03. The Labute approximate surface area is 115 Å². The van der Waals surface area contributed by atoms with Crippen molar-refractivity contribution in [2.75, 3.05) is 39.3 Å². The summed E-state index contributed by atoms with van der Waals surface area (Å²) >= 11 is 0. The van der Waals surface area contributed by atoms with Gasteiger partial charge in [0.25, 0.3) is 0 Å². The minimum Gasteiger partial charge on any atom is -0.341 e. The fourth-order valence-electron chi connectivity index (χ4n) is 3.01. The van der Waals surface area contributed by atoms with Gasteiger partial charge in [-0.25, -0.2) is 0 Å². The monoisotopic (exact) mass is 267 g/mol. The second kappa shape index (κ2) is 5.90. The summed E-state index contributed by atoms with van der Waals surface area (Å²) in [6.45, 7) is 8.46. The normalized spacial score (nSPS) is 23.9. The summed E-state index contributed by atoms with van der Waals surface area (Å²) < 4.78 is 0. The number of nitrogens with zero attached hydrogens (tertiary/aromatic N) is 2. The van der Waals surface area contributed by atoms with Gasteiger partial charge < -0.3 is 15.1 Å². The van der Waals surface area contributed by atoms with E-state index < -0.39 is 0 Å². The average Bonchev–Trinajstić information content (AvgIpc) is 2.64. The molecule has 2 fully saturated rings. The van der Waals surface area contributed by atoms with E-state index in [9.17, 15) is 9.59 Å². The Morgan fingerprint density at radius 2 is 1.58 bits per heavy atom. The van der Waals surface area contributed by atoms with E-state index in [0.29, 0.717) is 13.1 Å². The zero-order chi connectivity index (χ0) is 13.9. The van der Waals surface area contributed by atoms with Gasteiger partial charge in [-0.2, -0.15) is 0 Å². The number of carbonyl (C=O) groups is 2. The molecule has 2 aliphatic rings. The molecule has 0 aliphatic carbocycles. The minimum atomic E-state index is -0.212. The van der Waals surface area contributed by atoms with Crippen molar-refractivity contribution in [1.82, 2.24) is 15.1 Å². The third-order valence-electron chi connectivity index (χ3n) is 4.45. The lowest BCUT2D eigenvalue weighted by Gasteiger charge is -2.37. The van der Waals surface area contributed by atoms with Crippen LogP contribution in [0.5, 0.6) is 0 Å². The van der Waals surface area contributed by atoms with Crippen LogP contribution in [0.1, 0.15) is 33.1 Å². The van der Waals surface area contributed by atoms with Crippen LogP contribution in [0.4, 0.5) is 0 Å². The summed E-state index contributed by atoms with van der Waals surface area (Å²) in [5, 5.41) is 3.31. The first-order valence-electron chi connectivity index (χ1n) is 7.28. The highest BCUT2D eigenvalue weighted by molar-refractivity contribution is 5.82. The van der Waals surface area contributed by atoms with Crippen molar-refractivity contribution in [3.05, 3.63) is 0 Å². The quantitative estimate of drug-likeness (QED) is 0.751. The summed E-state index contributed by atoms with van der Waals surface area (Å²) in [5.74, 6) is 0.391. The van der Waals surface area contributed by atoms with Gasteiger partial charge in [0.1, 0.15) is 0 Å². The van der Waals surface area contributed by atoms with Crippen molar-refractivity contribution in [1.29, 1.82) is 0 Å². The van der Waals surface area contributed by atoms with Gasteiger partial charge in [-0.15, -0.1) is 0 Å². The molecule has 0 atom stereocenters. The maximum atomic E-state index is 12.7. The molecular weight excluding hydrogens is 242 g/mol. The van der Waals surface area contributed by atoms with Gasteiger partial charge in [0, 0.05) is 38.5 Å². The van der Waals surface area contributed by atoms with Crippen LogP contribution in [0.3, 0.4) is 0 Å². The maximum Gasteiger partial charge on any atom is 0.228 e. The van der Waals surface area contributed by atoms with Crippen LogP contribution in [0.15, 0.2) is 0 Å². The van der Waals surface area contributed by atoms with Crippen LogP contribution in [0.2, 0.25) is 0 Å². The van der Waals surface area contributed by atoms with Crippen LogP contribution in [0, 0.1) is 5.41 Å². The largest absolute Gasteiger partial charge is 0.341 e. The van der Waals surface area contributed by atoms with Crippen molar-refractivity contribution in [2.24, 2.45) is 5.41 Å². The van der Waals surface area contributed by atoms with Gasteiger partial charge in [-0.05, 0) is 32.4 Å². The Morgan fingerprint density at radius 1 is 1.00 bits per heavy atom. The first-order valence-corrected chi connectivity index (χ1v) is 7.28. The number of nitrogens with one attached hydrogen (secondary N) is 1. The van der Waals surface area contributed by atoms with Gasteiger partial charge >= 0.3 is 0 Å². The molecular formula is C14H25N3O2. The van der Waals surface area contributed by atoms with Crippen molar-refractivity contribution < 1.29 is 9.59 Å². The van der Waals surface area contributed by atoms with Crippen molar-refractivity contribution in [3.8, 4) is 0 Å². The Hall–Kier alpha value is -1.10. The molecule has 5 nitrogen and oxygen atoms in total. The highest BCUT2D eigenvalue weighted by Gasteiger charge is 2.38. The predicted octanol–water partition coefficient (Wildman–Crippen LogP) is 0.457. The Bertz CT molecular complexity index is 351. The van der Waals surface area contributed by atoms with Crippen LogP contribution < -0.4 is 5.32 Å². The molecule has 2 saturated heterocycles. The van der Waals surface area contributed by atoms with Crippen LogP contribution in [-0.4, -0.2) is 60.9 Å². The van der Waals surface area contributed by atoms with Gasteiger partial charge in [0.2, 0.25) is 11.8 Å². The lowest BCUT2D eigenvalue weighted by Crippen LogP contribution is -2.48. The standard InChI is InChI=1S/C14H25N3O2/c1-12(18)16-8-3-9-17(11-10-16)13(19)14(2)4-6-15-7-5-14/h15H,3-11H2,1-2H3. The number of piperidine rings is 1. The molecule has 1 N–H and O–H groups in total. The molecule has 0 unspecified atom stereocenters. The fourth-order valence-corrected chi connectivity index (χ4v) is 3.01. The molecule has 0 spiro atoms. The number of hydrogen-bond acceptors (Lipinski definition) is 3. The lowest BCUT2D eigenvalue weighted by atomic mass is 9.79. The molecule has 108 valence electrons. The topological polar surface area (TPSA) is 52.7 Å². The molecule has 5 heteroatoms. The second-order valence-electron chi connectivity index (χ2n) is 5.96. The number of hydrogen-bond donors (Lipinski definition) is 1. The number of carbonyl (C=O) groups excluding carboxylic acids is 2. The third kappa shape index (κ3) is 3.26. The number of amides is 2. The summed E-state index contributed by atoms with van der Waals surface area (Å²) in [7, 11) is 0. The number of rotatable bonds is 1. The Morgan fingerprint density at radius 3 is 2.21 bits per heavy atom. The van der Waals surface area contributed by atoms with E-state index in [1.54, 1.807) is 6.92 Å². The molecule has 0 bridgehead atoms. The minimum absolute atomic E-state index is 0.113. The molecule has 0 aromatic heterocycles. The molecule has 19 heavy (non-hydrogen) atoms. The summed E-state index contributed by atoms with van der Waals surface area (Å²) in [6.07, 6.45) is 2.72. The summed E-state index contributed by atoms with van der Waals surface area (Å²) in [5.41, 5.74) is -0.212. The van der Waals surface area contributed by atoms with E-state index in [1.807, 2.05) is 9.80 Å². The van der Waals surface area contributed by atoms with E-state index in [0.717, 1.165) is 45.4 Å². The molecule has 2 heterocycles. The highest BCUT2D eigenvalue weighted by Crippen LogP contribution is 2.30. The summed E-state index contributed by atoms with van der Waals surface area (Å²) in [4.78, 5) is 27.9. The van der Waals surface area contributed by atoms with Gasteiger partial charge in [-0.1, -0.05) is 6.92 Å². The van der Waals surface area contributed by atoms with E-state index >= 15 is 0 Å². The highest BCUT2D eigenvalue weighted by atomic mass is 16.2. The van der Waals surface area contributed by atoms with Gasteiger partial charge in [-0.3, -0.25) is 9.59 Å². The van der Waals surface area contributed by atoms with Crippen LogP contribution >= 0.6 is 0 Å². The third-order valence-corrected chi connectivity index (χ3v) is 4.45. The fraction of sp³-hybridized carbons (Fsp3) is 0.857. The molecule has 0 aromatic carbocycles. The first kappa shape index (κ1) is 14.3. The van der Waals surface area contributed by atoms with Gasteiger partial charge in [0.05, 0.1) is 0 Å². The SMILES string of the molecule is CC(=O)N1CCCN(C(=O)C2(C)CCNCC2)CC1. The van der Waals surface area contributed by atoms with E-state index in [-0.39, 0.29) is 17.2 Å². The average molecular weight is 267 g/mol. The smallest absolute Gasteiger partial charge is 0.228 e. The second-order valence-corrected chi connectivity index (χ2v) is 5.96. The predicted molar refractivity (Wildman–Crippen MR) is 73.7 cm³/mol. The molecule has 2 aliphatic heterocycles. The van der Waals surface area contributed by atoms with Crippen molar-refractivity contribution in [3.63, 3.8) is 0 Å². The molecule has 0 saturated carbocycles. The van der Waals surface area contributed by atoms with Crippen LogP contribution in [0.25, 0.3) is 0 Å². The van der Waals surface area contributed by atoms with E-state index in [2.05, 4.69) is 12.2 Å². The molecule has 0 radical (unpaired) electrons. The van der Waals surface area contributed by atoms with Gasteiger partial charge in [0.15, 0.2) is 0 Å². The lowest BCUT2D eigenvalue weighted by molar-refractivity contribution is -0.143.